The van der Waals surface area contributed by atoms with E-state index in [1.54, 1.807) is 0 Å². The summed E-state index contributed by atoms with van der Waals surface area (Å²) in [6, 6.07) is 20.0. The number of carbonyl (C=O) groups is 1. The fourth-order valence-electron chi connectivity index (χ4n) is 4.43. The summed E-state index contributed by atoms with van der Waals surface area (Å²) < 4.78 is 0. The van der Waals surface area contributed by atoms with Crippen LogP contribution in [0, 0.1) is 5.92 Å². The second-order valence-electron chi connectivity index (χ2n) is 7.90. The Morgan fingerprint density at radius 1 is 0.929 bits per heavy atom. The summed E-state index contributed by atoms with van der Waals surface area (Å²) in [5, 5.41) is 3.72. The molecule has 2 aromatic rings. The number of rotatable bonds is 5. The molecule has 1 aliphatic heterocycles. The summed E-state index contributed by atoms with van der Waals surface area (Å²) in [6.45, 7) is 2.05. The Balaban J connectivity index is 1.37. The van der Waals surface area contributed by atoms with Crippen LogP contribution in [0.1, 0.15) is 25.7 Å². The molecule has 0 aromatic heterocycles. The van der Waals surface area contributed by atoms with Gasteiger partial charge in [0.1, 0.15) is 0 Å². The van der Waals surface area contributed by atoms with Gasteiger partial charge in [-0.3, -0.25) is 4.79 Å². The molecule has 0 spiro atoms. The fraction of sp³-hybridized carbons (Fsp3) is 0.375. The van der Waals surface area contributed by atoms with Crippen LogP contribution < -0.4 is 16.0 Å². The van der Waals surface area contributed by atoms with Crippen molar-refractivity contribution in [3.05, 3.63) is 66.7 Å². The molecule has 2 aliphatic rings. The number of hydrogen-bond donors (Lipinski definition) is 2. The first-order valence-corrected chi connectivity index (χ1v) is 10.3. The van der Waals surface area contributed by atoms with Crippen molar-refractivity contribution in [1.82, 2.24) is 5.32 Å². The normalized spacial score (nSPS) is 22.9. The van der Waals surface area contributed by atoms with Crippen LogP contribution in [-0.4, -0.2) is 31.1 Å². The second-order valence-corrected chi connectivity index (χ2v) is 7.90. The third-order valence-electron chi connectivity index (χ3n) is 6.06. The van der Waals surface area contributed by atoms with Crippen LogP contribution in [0.25, 0.3) is 11.1 Å². The Hall–Kier alpha value is -2.59. The van der Waals surface area contributed by atoms with Gasteiger partial charge in [-0.1, -0.05) is 54.6 Å². The van der Waals surface area contributed by atoms with Crippen LogP contribution >= 0.6 is 0 Å². The largest absolute Gasteiger partial charge is 0.371 e. The smallest absolute Gasteiger partial charge is 0.222 e. The molecule has 0 unspecified atom stereocenters. The van der Waals surface area contributed by atoms with Gasteiger partial charge in [-0.25, -0.2) is 0 Å². The number of carbonyl (C=O) groups excluding carboxylic acids is 1. The lowest BCUT2D eigenvalue weighted by Gasteiger charge is -2.37. The lowest BCUT2D eigenvalue weighted by atomic mass is 9.87. The highest BCUT2D eigenvalue weighted by Gasteiger charge is 2.30. The van der Waals surface area contributed by atoms with E-state index < -0.39 is 0 Å². The number of nitrogens with two attached hydrogens (primary N) is 1. The van der Waals surface area contributed by atoms with Crippen LogP contribution in [0.3, 0.4) is 0 Å². The lowest BCUT2D eigenvalue weighted by Crippen LogP contribution is -2.51. The predicted molar refractivity (Wildman–Crippen MR) is 115 cm³/mol. The molecule has 2 atom stereocenters. The molecule has 1 fully saturated rings. The van der Waals surface area contributed by atoms with E-state index in [0.29, 0.717) is 6.04 Å². The fourth-order valence-corrected chi connectivity index (χ4v) is 4.43. The number of piperidine rings is 1. The molecule has 0 radical (unpaired) electrons. The van der Waals surface area contributed by atoms with E-state index in [1.165, 1.54) is 16.8 Å². The quantitative estimate of drug-likeness (QED) is 0.783. The number of anilines is 1. The Morgan fingerprint density at radius 3 is 2.39 bits per heavy atom. The Bertz CT molecular complexity index is 825. The van der Waals surface area contributed by atoms with Crippen molar-refractivity contribution in [1.29, 1.82) is 0 Å². The number of benzene rings is 2. The summed E-state index contributed by atoms with van der Waals surface area (Å²) in [4.78, 5) is 14.2. The van der Waals surface area contributed by atoms with E-state index in [-0.39, 0.29) is 17.9 Å². The van der Waals surface area contributed by atoms with Gasteiger partial charge in [0.15, 0.2) is 0 Å². The summed E-state index contributed by atoms with van der Waals surface area (Å²) in [5.74, 6) is -0.261. The topological polar surface area (TPSA) is 58.4 Å². The zero-order valence-corrected chi connectivity index (χ0v) is 16.3. The minimum atomic E-state index is -0.183. The monoisotopic (exact) mass is 375 g/mol. The van der Waals surface area contributed by atoms with E-state index >= 15 is 0 Å². The van der Waals surface area contributed by atoms with Gasteiger partial charge in [0.2, 0.25) is 5.91 Å². The summed E-state index contributed by atoms with van der Waals surface area (Å²) in [7, 11) is 0. The van der Waals surface area contributed by atoms with E-state index in [1.807, 2.05) is 0 Å². The van der Waals surface area contributed by atoms with Gasteiger partial charge in [0.25, 0.3) is 0 Å². The summed E-state index contributed by atoms with van der Waals surface area (Å²) in [6.07, 6.45) is 8.07. The highest BCUT2D eigenvalue weighted by Crippen LogP contribution is 2.27. The number of allylic oxidation sites excluding steroid dienone is 1. The molecule has 3 N–H and O–H groups in total. The number of primary amides is 1. The van der Waals surface area contributed by atoms with Crippen LogP contribution in [0.15, 0.2) is 66.7 Å². The third kappa shape index (κ3) is 4.28. The molecule has 28 heavy (non-hydrogen) atoms. The molecule has 1 amide bonds. The van der Waals surface area contributed by atoms with Crippen molar-refractivity contribution in [2.45, 2.75) is 37.8 Å². The number of amides is 1. The van der Waals surface area contributed by atoms with E-state index in [0.717, 1.165) is 38.8 Å². The van der Waals surface area contributed by atoms with Crippen LogP contribution in [0.5, 0.6) is 0 Å². The molecule has 4 heteroatoms. The predicted octanol–water partition coefficient (Wildman–Crippen LogP) is 3.73. The first-order valence-electron chi connectivity index (χ1n) is 10.3. The number of hydrogen-bond acceptors (Lipinski definition) is 3. The minimum absolute atomic E-state index is 0.0782. The highest BCUT2D eigenvalue weighted by molar-refractivity contribution is 5.78. The molecule has 0 saturated carbocycles. The molecular weight excluding hydrogens is 346 g/mol. The molecule has 1 saturated heterocycles. The van der Waals surface area contributed by atoms with E-state index in [4.69, 9.17) is 5.73 Å². The van der Waals surface area contributed by atoms with E-state index in [2.05, 4.69) is 77.0 Å². The Morgan fingerprint density at radius 2 is 1.64 bits per heavy atom. The molecule has 146 valence electrons. The lowest BCUT2D eigenvalue weighted by molar-refractivity contribution is -0.122. The molecule has 1 aliphatic carbocycles. The maximum absolute atomic E-state index is 11.7. The Labute approximate surface area is 167 Å². The van der Waals surface area contributed by atoms with Gasteiger partial charge < -0.3 is 16.0 Å². The van der Waals surface area contributed by atoms with Crippen molar-refractivity contribution in [2.24, 2.45) is 11.7 Å². The molecule has 1 heterocycles. The molecular formula is C24H29N3O. The van der Waals surface area contributed by atoms with Crippen LogP contribution in [-0.2, 0) is 4.79 Å². The zero-order chi connectivity index (χ0) is 19.3. The van der Waals surface area contributed by atoms with Gasteiger partial charge in [0.05, 0.1) is 5.92 Å². The van der Waals surface area contributed by atoms with Crippen molar-refractivity contribution in [3.63, 3.8) is 0 Å². The van der Waals surface area contributed by atoms with Gasteiger partial charge in [-0.2, -0.15) is 0 Å². The number of nitrogens with zero attached hydrogens (tertiary/aromatic N) is 1. The molecule has 4 rings (SSSR count). The SMILES string of the molecule is NC(=O)[C@@H]1CC=CC[C@@H]1NC1CCN(c2cccc(-c3ccccc3)c2)CC1. The highest BCUT2D eigenvalue weighted by atomic mass is 16.1. The van der Waals surface area contributed by atoms with E-state index in [9.17, 15) is 4.79 Å². The first-order chi connectivity index (χ1) is 13.7. The number of nitrogens with one attached hydrogen (secondary N) is 1. The van der Waals surface area contributed by atoms with Gasteiger partial charge in [-0.15, -0.1) is 0 Å². The summed E-state index contributed by atoms with van der Waals surface area (Å²) in [5.41, 5.74) is 9.40. The van der Waals surface area contributed by atoms with Crippen molar-refractivity contribution >= 4 is 11.6 Å². The Kier molecular flexibility index (Phi) is 5.77. The third-order valence-corrected chi connectivity index (χ3v) is 6.06. The molecule has 2 aromatic carbocycles. The van der Waals surface area contributed by atoms with Gasteiger partial charge >= 0.3 is 0 Å². The molecule has 0 bridgehead atoms. The summed E-state index contributed by atoms with van der Waals surface area (Å²) >= 11 is 0. The van der Waals surface area contributed by atoms with Crippen molar-refractivity contribution < 1.29 is 4.79 Å². The average Bonchev–Trinajstić information content (AvgIpc) is 2.75. The van der Waals surface area contributed by atoms with Gasteiger partial charge in [0, 0.05) is 30.9 Å². The first kappa shape index (κ1) is 18.8. The van der Waals surface area contributed by atoms with Crippen molar-refractivity contribution in [2.75, 3.05) is 18.0 Å². The second kappa shape index (κ2) is 8.61. The standard InChI is InChI=1S/C24H29N3O/c25-24(28)22-11-4-5-12-23(22)26-20-13-15-27(16-14-20)21-10-6-9-19(17-21)18-7-2-1-3-8-18/h1-10,17,20,22-23,26H,11-16H2,(H2,25,28)/t22-,23+/m1/s1. The maximum Gasteiger partial charge on any atom is 0.222 e. The minimum Gasteiger partial charge on any atom is -0.371 e. The van der Waals surface area contributed by atoms with Crippen LogP contribution in [0.2, 0.25) is 0 Å². The molecule has 4 nitrogen and oxygen atoms in total. The van der Waals surface area contributed by atoms with Crippen molar-refractivity contribution in [3.8, 4) is 11.1 Å². The zero-order valence-electron chi connectivity index (χ0n) is 16.3. The van der Waals surface area contributed by atoms with Crippen LogP contribution in [0.4, 0.5) is 5.69 Å². The average molecular weight is 376 g/mol. The maximum atomic E-state index is 11.7. The van der Waals surface area contributed by atoms with Gasteiger partial charge in [-0.05, 0) is 48.9 Å².